The molecule has 1 aromatic rings. The van der Waals surface area contributed by atoms with E-state index in [-0.39, 0.29) is 0 Å². The summed E-state index contributed by atoms with van der Waals surface area (Å²) in [7, 11) is 4.38. The third-order valence-electron chi connectivity index (χ3n) is 2.85. The van der Waals surface area contributed by atoms with Gasteiger partial charge in [-0.3, -0.25) is 0 Å². The third-order valence-corrected chi connectivity index (χ3v) is 5.06. The maximum Gasteiger partial charge on any atom is 0.313 e. The Labute approximate surface area is 93.1 Å². The zero-order valence-electron chi connectivity index (χ0n) is 8.77. The van der Waals surface area contributed by atoms with E-state index in [1.165, 1.54) is 29.9 Å². The van der Waals surface area contributed by atoms with E-state index in [4.69, 9.17) is 0 Å². The van der Waals surface area contributed by atoms with E-state index in [2.05, 4.69) is 34.3 Å². The van der Waals surface area contributed by atoms with E-state index < -0.39 is 0 Å². The Kier molecular flexibility index (Phi) is 3.36. The van der Waals surface area contributed by atoms with Gasteiger partial charge in [0.2, 0.25) is 0 Å². The van der Waals surface area contributed by atoms with Gasteiger partial charge in [-0.25, -0.2) is 4.58 Å². The minimum atomic E-state index is 0.788. The lowest BCUT2D eigenvalue weighted by molar-refractivity contribution is 0.226. The molecule has 0 aliphatic carbocycles. The Morgan fingerprint density at radius 1 is 1.21 bits per heavy atom. The second-order valence-corrected chi connectivity index (χ2v) is 6.00. The third kappa shape index (κ3) is 2.24. The summed E-state index contributed by atoms with van der Waals surface area (Å²) < 4.78 is 4.00. The van der Waals surface area contributed by atoms with Gasteiger partial charge in [0.25, 0.3) is 0 Å². The van der Waals surface area contributed by atoms with E-state index >= 15 is 0 Å². The summed E-state index contributed by atoms with van der Waals surface area (Å²) in [6.45, 7) is 2.44. The number of rotatable bonds is 1. The van der Waals surface area contributed by atoms with Crippen molar-refractivity contribution in [1.29, 1.82) is 0 Å². The minimum absolute atomic E-state index is 0.788. The molecular formula is C10H17N2S2+. The fraction of sp³-hybridized carbons (Fsp3) is 0.700. The molecule has 1 aliphatic heterocycles. The standard InChI is InChI=1S/C10H17N2S2/c1-11(2)9-3-5-12(6-4-9)10-13-7-8-14-10/h7-9H,3-6H2,1-2H3/q+1. The van der Waals surface area contributed by atoms with Gasteiger partial charge in [-0.15, -0.1) is 0 Å². The Balaban J connectivity index is 2.07. The van der Waals surface area contributed by atoms with Crippen molar-refractivity contribution in [2.75, 3.05) is 27.2 Å². The SMILES string of the molecule is CN(C)C1CC[N+](=c2sccs2)CC1. The first-order valence-electron chi connectivity index (χ1n) is 5.04. The van der Waals surface area contributed by atoms with Gasteiger partial charge in [0.1, 0.15) is 13.1 Å². The van der Waals surface area contributed by atoms with Gasteiger partial charge in [0.15, 0.2) is 0 Å². The van der Waals surface area contributed by atoms with Crippen LogP contribution in [0.2, 0.25) is 0 Å². The summed E-state index contributed by atoms with van der Waals surface area (Å²) in [6, 6.07) is 0.788. The molecule has 0 amide bonds. The Bertz CT molecular complexity index is 324. The fourth-order valence-electron chi connectivity index (χ4n) is 1.91. The lowest BCUT2D eigenvalue weighted by atomic mass is 10.1. The Hall–Kier alpha value is -0.190. The minimum Gasteiger partial charge on any atom is -0.306 e. The molecule has 1 saturated heterocycles. The fourth-order valence-corrected chi connectivity index (χ4v) is 3.81. The zero-order valence-corrected chi connectivity index (χ0v) is 10.4. The number of hydrogen-bond acceptors (Lipinski definition) is 3. The van der Waals surface area contributed by atoms with Crippen molar-refractivity contribution < 1.29 is 0 Å². The van der Waals surface area contributed by atoms with Crippen molar-refractivity contribution in [3.8, 4) is 0 Å². The first kappa shape index (κ1) is 10.3. The predicted molar refractivity (Wildman–Crippen MR) is 63.9 cm³/mol. The van der Waals surface area contributed by atoms with E-state index in [9.17, 15) is 0 Å². The van der Waals surface area contributed by atoms with Crippen LogP contribution in [0.15, 0.2) is 10.8 Å². The molecule has 0 N–H and O–H groups in total. The van der Waals surface area contributed by atoms with Crippen LogP contribution in [0.25, 0.3) is 0 Å². The molecule has 2 heterocycles. The van der Waals surface area contributed by atoms with Gasteiger partial charge >= 0.3 is 3.98 Å². The van der Waals surface area contributed by atoms with E-state index in [1.54, 1.807) is 0 Å². The largest absolute Gasteiger partial charge is 0.313 e. The molecule has 4 heteroatoms. The molecule has 0 bridgehead atoms. The highest BCUT2D eigenvalue weighted by molar-refractivity contribution is 7.24. The monoisotopic (exact) mass is 229 g/mol. The van der Waals surface area contributed by atoms with Crippen molar-refractivity contribution >= 4 is 22.7 Å². The van der Waals surface area contributed by atoms with Gasteiger partial charge in [0.05, 0.1) is 0 Å². The highest BCUT2D eigenvalue weighted by Gasteiger charge is 2.23. The Morgan fingerprint density at radius 3 is 2.29 bits per heavy atom. The quantitative estimate of drug-likeness (QED) is 0.658. The molecule has 78 valence electrons. The molecule has 0 unspecified atom stereocenters. The molecule has 1 aliphatic rings. The summed E-state index contributed by atoms with van der Waals surface area (Å²) in [5.74, 6) is 0. The summed E-state index contributed by atoms with van der Waals surface area (Å²) in [4.78, 5) is 2.36. The average molecular weight is 229 g/mol. The molecule has 1 aromatic heterocycles. The van der Waals surface area contributed by atoms with Crippen molar-refractivity contribution in [3.05, 3.63) is 14.7 Å². The number of hydrogen-bond donors (Lipinski definition) is 0. The van der Waals surface area contributed by atoms with Gasteiger partial charge in [-0.05, 0) is 14.1 Å². The summed E-state index contributed by atoms with van der Waals surface area (Å²) in [5.41, 5.74) is 0. The van der Waals surface area contributed by atoms with Crippen LogP contribution in [0.1, 0.15) is 12.8 Å². The topological polar surface area (TPSA) is 6.25 Å². The predicted octanol–water partition coefficient (Wildman–Crippen LogP) is 1.31. The van der Waals surface area contributed by atoms with Crippen LogP contribution in [0.3, 0.4) is 0 Å². The molecule has 0 atom stereocenters. The smallest absolute Gasteiger partial charge is 0.306 e. The second-order valence-electron chi connectivity index (χ2n) is 3.96. The molecule has 2 rings (SSSR count). The van der Waals surface area contributed by atoms with Gasteiger partial charge in [0, 0.05) is 29.6 Å². The van der Waals surface area contributed by atoms with Crippen LogP contribution in [-0.2, 0) is 0 Å². The van der Waals surface area contributed by atoms with Crippen LogP contribution in [-0.4, -0.2) is 38.1 Å². The number of piperidine rings is 1. The van der Waals surface area contributed by atoms with E-state index in [0.717, 1.165) is 6.04 Å². The van der Waals surface area contributed by atoms with Crippen LogP contribution in [0.5, 0.6) is 0 Å². The van der Waals surface area contributed by atoms with Gasteiger partial charge < -0.3 is 4.90 Å². The van der Waals surface area contributed by atoms with Crippen LogP contribution in [0, 0.1) is 0 Å². The van der Waals surface area contributed by atoms with Crippen LogP contribution < -0.4 is 8.56 Å². The normalized spacial score (nSPS) is 23.1. The molecular weight excluding hydrogens is 212 g/mol. The maximum absolute atomic E-state index is 2.52. The van der Waals surface area contributed by atoms with E-state index in [1.807, 2.05) is 22.7 Å². The zero-order chi connectivity index (χ0) is 9.97. The first-order valence-corrected chi connectivity index (χ1v) is 6.80. The molecule has 14 heavy (non-hydrogen) atoms. The summed E-state index contributed by atoms with van der Waals surface area (Å²) >= 11 is 3.74. The Morgan fingerprint density at radius 2 is 1.79 bits per heavy atom. The van der Waals surface area contributed by atoms with Crippen LogP contribution >= 0.6 is 22.7 Å². The van der Waals surface area contributed by atoms with E-state index in [0.29, 0.717) is 0 Å². The van der Waals surface area contributed by atoms with Crippen LogP contribution in [0.4, 0.5) is 0 Å². The number of nitrogens with zero attached hydrogens (tertiary/aromatic N) is 2. The molecule has 1 fully saturated rings. The molecule has 0 radical (unpaired) electrons. The maximum atomic E-state index is 2.52. The van der Waals surface area contributed by atoms with Crippen molar-refractivity contribution in [2.45, 2.75) is 18.9 Å². The average Bonchev–Trinajstić information content (AvgIpc) is 2.71. The second kappa shape index (κ2) is 4.55. The molecule has 0 spiro atoms. The van der Waals surface area contributed by atoms with Gasteiger partial charge in [-0.1, -0.05) is 22.7 Å². The lowest BCUT2D eigenvalue weighted by Crippen LogP contribution is -2.42. The summed E-state index contributed by atoms with van der Waals surface area (Å²) in [6.07, 6.45) is 2.61. The lowest BCUT2D eigenvalue weighted by Gasteiger charge is -2.26. The van der Waals surface area contributed by atoms with Gasteiger partial charge in [-0.2, -0.15) is 0 Å². The van der Waals surface area contributed by atoms with Crippen molar-refractivity contribution in [3.63, 3.8) is 0 Å². The highest BCUT2D eigenvalue weighted by Crippen LogP contribution is 2.09. The first-order chi connectivity index (χ1) is 6.77. The molecule has 0 aromatic carbocycles. The molecule has 0 saturated carbocycles. The molecule has 2 nitrogen and oxygen atoms in total. The van der Waals surface area contributed by atoms with Crippen molar-refractivity contribution in [1.82, 2.24) is 9.48 Å². The summed E-state index contributed by atoms with van der Waals surface area (Å²) in [5, 5.41) is 4.36. The van der Waals surface area contributed by atoms with Crippen molar-refractivity contribution in [2.24, 2.45) is 0 Å². The highest BCUT2D eigenvalue weighted by atomic mass is 32.2.